The fraction of sp³-hybridized carbons (Fsp3) is 0.875. The van der Waals surface area contributed by atoms with E-state index < -0.39 is 0 Å². The molecule has 0 spiro atoms. The first-order valence-electron chi connectivity index (χ1n) is 8.71. The Hall–Kier alpha value is -1.14. The second kappa shape index (κ2) is 7.42. The van der Waals surface area contributed by atoms with E-state index in [0.29, 0.717) is 13.3 Å². The highest BCUT2D eigenvalue weighted by atomic mass is 16.2. The maximum Gasteiger partial charge on any atom is 0.345 e. The highest BCUT2D eigenvalue weighted by molar-refractivity contribution is 6.11. The summed E-state index contributed by atoms with van der Waals surface area (Å²) >= 11 is 0. The van der Waals surface area contributed by atoms with Crippen LogP contribution in [0, 0.1) is 0 Å². The average molecular weight is 314 g/mol. The summed E-state index contributed by atoms with van der Waals surface area (Å²) in [4.78, 5) is 27.7. The molecule has 128 valence electrons. The van der Waals surface area contributed by atoms with Gasteiger partial charge in [0, 0.05) is 0 Å². The Morgan fingerprint density at radius 3 is 1.00 bits per heavy atom. The standard InChI is InChI=1S/C16H34N4O2/c1-7-19(8-2,9-3)13-17-15(21)18(16(17)22)14-20(10-4,11-5)12-6/h7-14H2,1-6H3/q+2. The second-order valence-corrected chi connectivity index (χ2v) is 6.28. The van der Waals surface area contributed by atoms with Gasteiger partial charge in [0.2, 0.25) is 0 Å². The van der Waals surface area contributed by atoms with Crippen LogP contribution < -0.4 is 0 Å². The normalized spacial score (nSPS) is 16.3. The van der Waals surface area contributed by atoms with E-state index in [0.717, 1.165) is 48.2 Å². The van der Waals surface area contributed by atoms with Gasteiger partial charge in [-0.3, -0.25) is 0 Å². The molecule has 0 atom stereocenters. The third kappa shape index (κ3) is 3.27. The van der Waals surface area contributed by atoms with Crippen molar-refractivity contribution in [1.82, 2.24) is 9.80 Å². The minimum Gasteiger partial charge on any atom is -0.307 e. The van der Waals surface area contributed by atoms with Crippen LogP contribution in [-0.4, -0.2) is 83.4 Å². The maximum atomic E-state index is 12.4. The molecular weight excluding hydrogens is 280 g/mol. The predicted molar refractivity (Wildman–Crippen MR) is 88.0 cm³/mol. The molecule has 0 radical (unpaired) electrons. The fourth-order valence-corrected chi connectivity index (χ4v) is 3.19. The molecule has 1 aliphatic rings. The lowest BCUT2D eigenvalue weighted by Crippen LogP contribution is -2.72. The van der Waals surface area contributed by atoms with E-state index in [9.17, 15) is 9.59 Å². The largest absolute Gasteiger partial charge is 0.345 e. The van der Waals surface area contributed by atoms with E-state index in [-0.39, 0.29) is 12.1 Å². The van der Waals surface area contributed by atoms with Gasteiger partial charge in [0.25, 0.3) is 0 Å². The Labute approximate surface area is 135 Å². The number of urea groups is 2. The lowest BCUT2D eigenvalue weighted by molar-refractivity contribution is -0.934. The third-order valence-corrected chi connectivity index (χ3v) is 5.83. The average Bonchev–Trinajstić information content (AvgIpc) is 2.58. The Morgan fingerprint density at radius 2 is 0.818 bits per heavy atom. The molecule has 1 saturated heterocycles. The first-order valence-corrected chi connectivity index (χ1v) is 8.71. The summed E-state index contributed by atoms with van der Waals surface area (Å²) in [5.74, 6) is 0. The summed E-state index contributed by atoms with van der Waals surface area (Å²) in [5, 5.41) is 0. The number of carbonyl (C=O) groups excluding carboxylic acids is 2. The molecule has 0 aromatic heterocycles. The summed E-state index contributed by atoms with van der Waals surface area (Å²) in [6.07, 6.45) is 0. The molecule has 1 heterocycles. The summed E-state index contributed by atoms with van der Waals surface area (Å²) in [6, 6.07) is -0.249. The smallest absolute Gasteiger partial charge is 0.307 e. The summed E-state index contributed by atoms with van der Waals surface area (Å²) in [5.41, 5.74) is 0. The van der Waals surface area contributed by atoms with Crippen LogP contribution in [0.5, 0.6) is 0 Å². The van der Waals surface area contributed by atoms with Crippen molar-refractivity contribution in [3.05, 3.63) is 0 Å². The van der Waals surface area contributed by atoms with Gasteiger partial charge >= 0.3 is 12.1 Å². The lowest BCUT2D eigenvalue weighted by Gasteiger charge is -2.47. The summed E-state index contributed by atoms with van der Waals surface area (Å²) in [7, 11) is 0. The molecule has 1 fully saturated rings. The highest BCUT2D eigenvalue weighted by Crippen LogP contribution is 2.22. The van der Waals surface area contributed by atoms with Crippen LogP contribution in [0.25, 0.3) is 0 Å². The predicted octanol–water partition coefficient (Wildman–Crippen LogP) is 2.51. The summed E-state index contributed by atoms with van der Waals surface area (Å²) < 4.78 is 1.56. The molecule has 1 aliphatic heterocycles. The van der Waals surface area contributed by atoms with E-state index in [1.807, 2.05) is 0 Å². The van der Waals surface area contributed by atoms with Crippen molar-refractivity contribution in [2.45, 2.75) is 41.5 Å². The molecule has 0 saturated carbocycles. The van der Waals surface area contributed by atoms with Crippen LogP contribution in [0.3, 0.4) is 0 Å². The van der Waals surface area contributed by atoms with Crippen LogP contribution in [-0.2, 0) is 0 Å². The molecule has 6 heteroatoms. The van der Waals surface area contributed by atoms with Gasteiger partial charge in [-0.05, 0) is 41.5 Å². The number of quaternary nitrogens is 2. The zero-order chi connectivity index (χ0) is 17.0. The number of rotatable bonds is 10. The highest BCUT2D eigenvalue weighted by Gasteiger charge is 2.50. The molecule has 0 N–H and O–H groups in total. The molecular formula is C16H34N4O2+2. The summed E-state index contributed by atoms with van der Waals surface area (Å²) in [6.45, 7) is 19.3. The van der Waals surface area contributed by atoms with Crippen LogP contribution in [0.2, 0.25) is 0 Å². The molecule has 4 amide bonds. The molecule has 0 aromatic carbocycles. The van der Waals surface area contributed by atoms with Gasteiger partial charge in [-0.1, -0.05) is 0 Å². The third-order valence-electron chi connectivity index (χ3n) is 5.83. The maximum absolute atomic E-state index is 12.4. The van der Waals surface area contributed by atoms with E-state index in [4.69, 9.17) is 0 Å². The zero-order valence-corrected chi connectivity index (χ0v) is 15.3. The minimum atomic E-state index is -0.124. The molecule has 6 nitrogen and oxygen atoms in total. The zero-order valence-electron chi connectivity index (χ0n) is 15.3. The molecule has 22 heavy (non-hydrogen) atoms. The Balaban J connectivity index is 2.77. The number of carbonyl (C=O) groups is 2. The van der Waals surface area contributed by atoms with Crippen molar-refractivity contribution in [1.29, 1.82) is 0 Å². The van der Waals surface area contributed by atoms with E-state index >= 15 is 0 Å². The van der Waals surface area contributed by atoms with Crippen molar-refractivity contribution in [3.63, 3.8) is 0 Å². The van der Waals surface area contributed by atoms with E-state index in [2.05, 4.69) is 41.5 Å². The SMILES string of the molecule is CC[N+](CC)(CC)CN1C(=O)N(C[N+](CC)(CC)CC)C1=O. The molecule has 0 unspecified atom stereocenters. The van der Waals surface area contributed by atoms with E-state index in [1.165, 1.54) is 9.80 Å². The van der Waals surface area contributed by atoms with Crippen LogP contribution in [0.15, 0.2) is 0 Å². The molecule has 0 aromatic rings. The molecule has 1 rings (SSSR count). The van der Waals surface area contributed by atoms with Crippen LogP contribution in [0.4, 0.5) is 9.59 Å². The van der Waals surface area contributed by atoms with Gasteiger partial charge in [-0.25, -0.2) is 9.59 Å². The van der Waals surface area contributed by atoms with Crippen molar-refractivity contribution in [2.75, 3.05) is 52.6 Å². The first kappa shape index (κ1) is 18.9. The van der Waals surface area contributed by atoms with Crippen molar-refractivity contribution < 1.29 is 18.6 Å². The number of imide groups is 2. The molecule has 0 aliphatic carbocycles. The number of amides is 4. The Kier molecular flexibility index (Phi) is 6.38. The minimum absolute atomic E-state index is 0.124. The van der Waals surface area contributed by atoms with Gasteiger partial charge in [0.15, 0.2) is 13.3 Å². The Bertz CT molecular complexity index is 336. The number of hydrogen-bond donors (Lipinski definition) is 0. The fourth-order valence-electron chi connectivity index (χ4n) is 3.19. The van der Waals surface area contributed by atoms with Gasteiger partial charge < -0.3 is 8.97 Å². The van der Waals surface area contributed by atoms with Gasteiger partial charge in [-0.15, -0.1) is 0 Å². The number of hydrogen-bond acceptors (Lipinski definition) is 2. The van der Waals surface area contributed by atoms with Crippen molar-refractivity contribution >= 4 is 12.1 Å². The van der Waals surface area contributed by atoms with Gasteiger partial charge in [-0.2, -0.15) is 9.80 Å². The first-order chi connectivity index (χ1) is 10.4. The van der Waals surface area contributed by atoms with Crippen LogP contribution >= 0.6 is 0 Å². The van der Waals surface area contributed by atoms with Gasteiger partial charge in [0.05, 0.1) is 39.3 Å². The quantitative estimate of drug-likeness (QED) is 0.581. The van der Waals surface area contributed by atoms with Crippen LogP contribution in [0.1, 0.15) is 41.5 Å². The lowest BCUT2D eigenvalue weighted by atomic mass is 10.3. The van der Waals surface area contributed by atoms with Gasteiger partial charge in [0.1, 0.15) is 0 Å². The number of nitrogens with zero attached hydrogens (tertiary/aromatic N) is 4. The second-order valence-electron chi connectivity index (χ2n) is 6.28. The topological polar surface area (TPSA) is 40.6 Å². The monoisotopic (exact) mass is 314 g/mol. The Morgan fingerprint density at radius 1 is 0.591 bits per heavy atom. The van der Waals surface area contributed by atoms with Crippen molar-refractivity contribution in [3.8, 4) is 0 Å². The van der Waals surface area contributed by atoms with E-state index in [1.54, 1.807) is 0 Å². The van der Waals surface area contributed by atoms with Crippen molar-refractivity contribution in [2.24, 2.45) is 0 Å². The molecule has 0 bridgehead atoms.